The number of hydrogen-bond acceptors (Lipinski definition) is 4. The van der Waals surface area contributed by atoms with E-state index in [0.29, 0.717) is 11.1 Å². The van der Waals surface area contributed by atoms with Gasteiger partial charge in [-0.3, -0.25) is 4.79 Å². The van der Waals surface area contributed by atoms with E-state index in [2.05, 4.69) is 27.7 Å². The van der Waals surface area contributed by atoms with Gasteiger partial charge in [0, 0.05) is 18.0 Å². The Labute approximate surface area is 160 Å². The SMILES string of the molecule is CC(C)N(C(=O)[C@@H](C)Sc1nc(C2CC2)n(-c2ccccc2)n1)C(C)C. The van der Waals surface area contributed by atoms with Crippen molar-refractivity contribution in [2.45, 2.75) is 75.9 Å². The lowest BCUT2D eigenvalue weighted by molar-refractivity contribution is -0.133. The summed E-state index contributed by atoms with van der Waals surface area (Å²) in [6, 6.07) is 10.5. The number of benzene rings is 1. The van der Waals surface area contributed by atoms with Crippen LogP contribution < -0.4 is 0 Å². The second kappa shape index (κ2) is 7.82. The van der Waals surface area contributed by atoms with E-state index in [-0.39, 0.29) is 23.2 Å². The van der Waals surface area contributed by atoms with E-state index in [1.165, 1.54) is 24.6 Å². The van der Waals surface area contributed by atoms with Gasteiger partial charge in [0.25, 0.3) is 0 Å². The van der Waals surface area contributed by atoms with Crippen molar-refractivity contribution in [3.05, 3.63) is 36.2 Å². The molecule has 1 fully saturated rings. The van der Waals surface area contributed by atoms with Crippen LogP contribution in [0.2, 0.25) is 0 Å². The van der Waals surface area contributed by atoms with Crippen molar-refractivity contribution in [3.8, 4) is 5.69 Å². The zero-order chi connectivity index (χ0) is 18.8. The molecule has 1 saturated carbocycles. The fourth-order valence-electron chi connectivity index (χ4n) is 3.24. The molecule has 1 amide bonds. The minimum absolute atomic E-state index is 0.143. The summed E-state index contributed by atoms with van der Waals surface area (Å²) in [5.41, 5.74) is 1.03. The second-order valence-electron chi connectivity index (χ2n) is 7.47. The first kappa shape index (κ1) is 19.0. The van der Waals surface area contributed by atoms with Gasteiger partial charge in [-0.25, -0.2) is 9.67 Å². The number of carbonyl (C=O) groups excluding carboxylic acids is 1. The molecular weight excluding hydrogens is 344 g/mol. The van der Waals surface area contributed by atoms with Gasteiger partial charge in [0.2, 0.25) is 11.1 Å². The Morgan fingerprint density at radius 2 is 1.73 bits per heavy atom. The van der Waals surface area contributed by atoms with Gasteiger partial charge in [0.05, 0.1) is 10.9 Å². The van der Waals surface area contributed by atoms with Gasteiger partial charge in [-0.2, -0.15) is 0 Å². The third-order valence-electron chi connectivity index (χ3n) is 4.55. The van der Waals surface area contributed by atoms with E-state index in [4.69, 9.17) is 10.1 Å². The van der Waals surface area contributed by atoms with Crippen molar-refractivity contribution in [1.82, 2.24) is 19.7 Å². The molecule has 2 aromatic rings. The number of rotatable bonds is 7. The molecular formula is C20H28N4OS. The van der Waals surface area contributed by atoms with E-state index in [9.17, 15) is 4.79 Å². The van der Waals surface area contributed by atoms with Crippen molar-refractivity contribution in [2.24, 2.45) is 0 Å². The van der Waals surface area contributed by atoms with Crippen LogP contribution in [0.1, 0.15) is 59.2 Å². The molecule has 1 atom stereocenters. The van der Waals surface area contributed by atoms with Gasteiger partial charge in [0.15, 0.2) is 0 Å². The zero-order valence-corrected chi connectivity index (χ0v) is 17.0. The van der Waals surface area contributed by atoms with Crippen LogP contribution >= 0.6 is 11.8 Å². The summed E-state index contributed by atoms with van der Waals surface area (Å²) < 4.78 is 1.94. The summed E-state index contributed by atoms with van der Waals surface area (Å²) in [5.74, 6) is 1.65. The summed E-state index contributed by atoms with van der Waals surface area (Å²) in [7, 11) is 0. The van der Waals surface area contributed by atoms with Crippen LogP contribution in [0.4, 0.5) is 0 Å². The summed E-state index contributed by atoms with van der Waals surface area (Å²) in [5, 5.41) is 5.19. The highest BCUT2D eigenvalue weighted by molar-refractivity contribution is 8.00. The van der Waals surface area contributed by atoms with Gasteiger partial charge in [-0.1, -0.05) is 30.0 Å². The van der Waals surface area contributed by atoms with Crippen LogP contribution in [0.5, 0.6) is 0 Å². The molecule has 1 aromatic carbocycles. The lowest BCUT2D eigenvalue weighted by atomic mass is 10.2. The topological polar surface area (TPSA) is 51.0 Å². The average molecular weight is 373 g/mol. The van der Waals surface area contributed by atoms with E-state index in [0.717, 1.165) is 11.5 Å². The lowest BCUT2D eigenvalue weighted by Gasteiger charge is -2.32. The van der Waals surface area contributed by atoms with E-state index in [1.807, 2.05) is 46.8 Å². The molecule has 1 heterocycles. The van der Waals surface area contributed by atoms with Crippen LogP contribution in [0, 0.1) is 0 Å². The van der Waals surface area contributed by atoms with Gasteiger partial charge < -0.3 is 4.90 Å². The van der Waals surface area contributed by atoms with Crippen LogP contribution in [-0.4, -0.2) is 42.9 Å². The minimum atomic E-state index is -0.210. The molecule has 1 aliphatic rings. The molecule has 1 aromatic heterocycles. The lowest BCUT2D eigenvalue weighted by Crippen LogP contribution is -2.45. The summed E-state index contributed by atoms with van der Waals surface area (Å²) in [6.45, 7) is 10.2. The molecule has 140 valence electrons. The van der Waals surface area contributed by atoms with Crippen molar-refractivity contribution in [3.63, 3.8) is 0 Å². The summed E-state index contributed by atoms with van der Waals surface area (Å²) >= 11 is 1.46. The molecule has 0 unspecified atom stereocenters. The number of hydrogen-bond donors (Lipinski definition) is 0. The number of para-hydroxylation sites is 1. The fraction of sp³-hybridized carbons (Fsp3) is 0.550. The molecule has 3 rings (SSSR count). The normalized spacial score (nSPS) is 15.5. The Kier molecular flexibility index (Phi) is 5.70. The third kappa shape index (κ3) is 4.11. The van der Waals surface area contributed by atoms with Crippen LogP contribution in [0.15, 0.2) is 35.5 Å². The Hall–Kier alpha value is -1.82. The summed E-state index contributed by atoms with van der Waals surface area (Å²) in [4.78, 5) is 19.6. The number of thioether (sulfide) groups is 1. The average Bonchev–Trinajstić information content (AvgIpc) is 3.35. The van der Waals surface area contributed by atoms with E-state index < -0.39 is 0 Å². The molecule has 26 heavy (non-hydrogen) atoms. The van der Waals surface area contributed by atoms with Gasteiger partial charge >= 0.3 is 0 Å². The van der Waals surface area contributed by atoms with E-state index >= 15 is 0 Å². The number of amides is 1. The van der Waals surface area contributed by atoms with Gasteiger partial charge in [-0.05, 0) is 59.6 Å². The first-order chi connectivity index (χ1) is 12.4. The van der Waals surface area contributed by atoms with Crippen LogP contribution in [-0.2, 0) is 4.79 Å². The summed E-state index contributed by atoms with van der Waals surface area (Å²) in [6.07, 6.45) is 2.33. The Morgan fingerprint density at radius 1 is 1.12 bits per heavy atom. The maximum Gasteiger partial charge on any atom is 0.236 e. The van der Waals surface area contributed by atoms with Crippen molar-refractivity contribution < 1.29 is 4.79 Å². The predicted octanol–water partition coefficient (Wildman–Crippen LogP) is 4.27. The highest BCUT2D eigenvalue weighted by Gasteiger charge is 2.32. The maximum absolute atomic E-state index is 12.9. The molecule has 1 aliphatic carbocycles. The third-order valence-corrected chi connectivity index (χ3v) is 5.49. The molecule has 5 nitrogen and oxygen atoms in total. The van der Waals surface area contributed by atoms with Crippen molar-refractivity contribution in [1.29, 1.82) is 0 Å². The van der Waals surface area contributed by atoms with Crippen LogP contribution in [0.3, 0.4) is 0 Å². The molecule has 6 heteroatoms. The molecule has 0 bridgehead atoms. The Morgan fingerprint density at radius 3 is 2.27 bits per heavy atom. The number of nitrogens with zero attached hydrogens (tertiary/aromatic N) is 4. The largest absolute Gasteiger partial charge is 0.337 e. The first-order valence-corrected chi connectivity index (χ1v) is 10.3. The Bertz CT molecular complexity index is 744. The zero-order valence-electron chi connectivity index (χ0n) is 16.2. The Balaban J connectivity index is 1.81. The predicted molar refractivity (Wildman–Crippen MR) is 106 cm³/mol. The maximum atomic E-state index is 12.9. The molecule has 0 saturated heterocycles. The molecule has 0 spiro atoms. The molecule has 0 radical (unpaired) electrons. The number of aromatic nitrogens is 3. The quantitative estimate of drug-likeness (QED) is 0.681. The van der Waals surface area contributed by atoms with Crippen molar-refractivity contribution >= 4 is 17.7 Å². The first-order valence-electron chi connectivity index (χ1n) is 9.39. The minimum Gasteiger partial charge on any atom is -0.337 e. The molecule has 0 aliphatic heterocycles. The highest BCUT2D eigenvalue weighted by atomic mass is 32.2. The number of carbonyl (C=O) groups is 1. The monoisotopic (exact) mass is 372 g/mol. The smallest absolute Gasteiger partial charge is 0.236 e. The standard InChI is InChI=1S/C20H28N4OS/c1-13(2)23(14(3)4)19(25)15(5)26-20-21-18(16-11-12-16)24(22-20)17-9-7-6-8-10-17/h6-10,13-16H,11-12H2,1-5H3/t15-/m1/s1. The van der Waals surface area contributed by atoms with Gasteiger partial charge in [0.1, 0.15) is 5.82 Å². The van der Waals surface area contributed by atoms with Crippen LogP contribution in [0.25, 0.3) is 5.69 Å². The highest BCUT2D eigenvalue weighted by Crippen LogP contribution is 2.40. The second-order valence-corrected chi connectivity index (χ2v) is 8.78. The van der Waals surface area contributed by atoms with Gasteiger partial charge in [-0.15, -0.1) is 5.10 Å². The fourth-order valence-corrected chi connectivity index (χ4v) is 4.06. The molecule has 0 N–H and O–H groups in total. The van der Waals surface area contributed by atoms with Crippen molar-refractivity contribution in [2.75, 3.05) is 0 Å². The van der Waals surface area contributed by atoms with E-state index in [1.54, 1.807) is 0 Å².